The highest BCUT2D eigenvalue weighted by Crippen LogP contribution is 2.09. The number of furan rings is 1. The van der Waals surface area contributed by atoms with E-state index in [4.69, 9.17) is 9.68 Å². The fourth-order valence-electron chi connectivity index (χ4n) is 1.79. The van der Waals surface area contributed by atoms with Gasteiger partial charge in [0, 0.05) is 13.0 Å². The van der Waals surface area contributed by atoms with E-state index in [0.717, 1.165) is 30.0 Å². The van der Waals surface area contributed by atoms with Gasteiger partial charge in [-0.2, -0.15) is 5.26 Å². The minimum atomic E-state index is 0.695. The number of aryl methyl sites for hydroxylation is 1. The van der Waals surface area contributed by atoms with Gasteiger partial charge < -0.3 is 9.73 Å². The zero-order valence-electron chi connectivity index (χ0n) is 10.4. The molecule has 2 aromatic rings. The molecule has 0 aliphatic carbocycles. The van der Waals surface area contributed by atoms with E-state index in [2.05, 4.69) is 18.3 Å². The molecule has 92 valence electrons. The van der Waals surface area contributed by atoms with Crippen molar-refractivity contribution < 1.29 is 4.42 Å². The van der Waals surface area contributed by atoms with E-state index in [9.17, 15) is 0 Å². The van der Waals surface area contributed by atoms with Crippen LogP contribution in [-0.4, -0.2) is 0 Å². The Kier molecular flexibility index (Phi) is 4.16. The summed E-state index contributed by atoms with van der Waals surface area (Å²) in [6.45, 7) is 3.51. The Hall–Kier alpha value is -2.05. The van der Waals surface area contributed by atoms with Crippen LogP contribution in [0.3, 0.4) is 0 Å². The van der Waals surface area contributed by atoms with Crippen LogP contribution in [0.15, 0.2) is 40.8 Å². The highest BCUT2D eigenvalue weighted by molar-refractivity contribution is 5.32. The average molecular weight is 240 g/mol. The standard InChI is InChI=1S/C15H16N2O/c1-2-14-6-7-15(18-14)11-17-10-13-5-3-4-12(8-13)9-16/h3-8,17H,2,10-11H2,1H3. The zero-order chi connectivity index (χ0) is 12.8. The second-order valence-electron chi connectivity index (χ2n) is 4.14. The van der Waals surface area contributed by atoms with E-state index >= 15 is 0 Å². The summed E-state index contributed by atoms with van der Waals surface area (Å²) in [6, 6.07) is 13.8. The fraction of sp³-hybridized carbons (Fsp3) is 0.267. The van der Waals surface area contributed by atoms with Gasteiger partial charge in [-0.15, -0.1) is 0 Å². The molecule has 3 nitrogen and oxygen atoms in total. The molecule has 0 saturated heterocycles. The number of nitrogens with one attached hydrogen (secondary N) is 1. The third-order valence-electron chi connectivity index (χ3n) is 2.75. The summed E-state index contributed by atoms with van der Waals surface area (Å²) < 4.78 is 5.60. The molecule has 0 aliphatic rings. The summed E-state index contributed by atoms with van der Waals surface area (Å²) in [4.78, 5) is 0. The first-order valence-corrected chi connectivity index (χ1v) is 6.09. The predicted octanol–water partition coefficient (Wildman–Crippen LogP) is 3.00. The Labute approximate surface area is 107 Å². The summed E-state index contributed by atoms with van der Waals surface area (Å²) in [5, 5.41) is 12.1. The number of benzene rings is 1. The molecule has 3 heteroatoms. The lowest BCUT2D eigenvalue weighted by Gasteiger charge is -2.03. The Bertz CT molecular complexity index is 552. The molecule has 1 aromatic heterocycles. The molecule has 0 atom stereocenters. The number of nitrogens with zero attached hydrogens (tertiary/aromatic N) is 1. The maximum atomic E-state index is 8.81. The van der Waals surface area contributed by atoms with Crippen molar-refractivity contribution in [2.24, 2.45) is 0 Å². The van der Waals surface area contributed by atoms with Gasteiger partial charge >= 0.3 is 0 Å². The smallest absolute Gasteiger partial charge is 0.117 e. The van der Waals surface area contributed by atoms with Crippen LogP contribution in [0.2, 0.25) is 0 Å². The van der Waals surface area contributed by atoms with Crippen LogP contribution in [0.25, 0.3) is 0 Å². The van der Waals surface area contributed by atoms with E-state index in [1.807, 2.05) is 36.4 Å². The van der Waals surface area contributed by atoms with E-state index in [-0.39, 0.29) is 0 Å². The van der Waals surface area contributed by atoms with Gasteiger partial charge in [-0.3, -0.25) is 0 Å². The van der Waals surface area contributed by atoms with Crippen molar-refractivity contribution in [3.63, 3.8) is 0 Å². The molecule has 0 saturated carbocycles. The topological polar surface area (TPSA) is 49.0 Å². The van der Waals surface area contributed by atoms with Crippen LogP contribution in [-0.2, 0) is 19.5 Å². The normalized spacial score (nSPS) is 10.2. The summed E-state index contributed by atoms with van der Waals surface area (Å²) in [6.07, 6.45) is 0.921. The monoisotopic (exact) mass is 240 g/mol. The first-order chi connectivity index (χ1) is 8.81. The lowest BCUT2D eigenvalue weighted by molar-refractivity contribution is 0.450. The summed E-state index contributed by atoms with van der Waals surface area (Å²) >= 11 is 0. The Morgan fingerprint density at radius 3 is 2.72 bits per heavy atom. The molecule has 0 bridgehead atoms. The Balaban J connectivity index is 1.86. The van der Waals surface area contributed by atoms with Gasteiger partial charge in [0.25, 0.3) is 0 Å². The number of nitriles is 1. The second-order valence-corrected chi connectivity index (χ2v) is 4.14. The summed E-state index contributed by atoms with van der Waals surface area (Å²) in [5.74, 6) is 1.96. The Morgan fingerprint density at radius 2 is 2.00 bits per heavy atom. The number of rotatable bonds is 5. The highest BCUT2D eigenvalue weighted by Gasteiger charge is 2.00. The van der Waals surface area contributed by atoms with Crippen molar-refractivity contribution in [1.82, 2.24) is 5.32 Å². The molecular formula is C15H16N2O. The lowest BCUT2D eigenvalue weighted by Crippen LogP contribution is -2.12. The second kappa shape index (κ2) is 6.04. The van der Waals surface area contributed by atoms with Crippen molar-refractivity contribution in [3.8, 4) is 6.07 Å². The molecule has 0 spiro atoms. The van der Waals surface area contributed by atoms with Gasteiger partial charge in [0.1, 0.15) is 11.5 Å². The van der Waals surface area contributed by atoms with Crippen LogP contribution in [0.4, 0.5) is 0 Å². The van der Waals surface area contributed by atoms with E-state index in [0.29, 0.717) is 12.1 Å². The zero-order valence-corrected chi connectivity index (χ0v) is 10.4. The first-order valence-electron chi connectivity index (χ1n) is 6.09. The molecule has 0 aliphatic heterocycles. The van der Waals surface area contributed by atoms with Gasteiger partial charge in [0.15, 0.2) is 0 Å². The molecule has 0 fully saturated rings. The van der Waals surface area contributed by atoms with Crippen LogP contribution in [0.5, 0.6) is 0 Å². The molecule has 1 heterocycles. The van der Waals surface area contributed by atoms with Crippen LogP contribution >= 0.6 is 0 Å². The largest absolute Gasteiger partial charge is 0.465 e. The highest BCUT2D eigenvalue weighted by atomic mass is 16.3. The van der Waals surface area contributed by atoms with E-state index in [1.54, 1.807) is 0 Å². The number of hydrogen-bond donors (Lipinski definition) is 1. The first kappa shape index (κ1) is 12.4. The van der Waals surface area contributed by atoms with Crippen molar-refractivity contribution in [2.75, 3.05) is 0 Å². The third-order valence-corrected chi connectivity index (χ3v) is 2.75. The molecule has 1 aromatic carbocycles. The van der Waals surface area contributed by atoms with Crippen molar-refractivity contribution in [3.05, 3.63) is 59.0 Å². The van der Waals surface area contributed by atoms with Gasteiger partial charge in [0.2, 0.25) is 0 Å². The van der Waals surface area contributed by atoms with Crippen molar-refractivity contribution in [2.45, 2.75) is 26.4 Å². The Morgan fingerprint density at radius 1 is 1.17 bits per heavy atom. The molecule has 0 amide bonds. The minimum Gasteiger partial charge on any atom is -0.465 e. The van der Waals surface area contributed by atoms with Crippen molar-refractivity contribution >= 4 is 0 Å². The van der Waals surface area contributed by atoms with Gasteiger partial charge in [0.05, 0.1) is 18.2 Å². The quantitative estimate of drug-likeness (QED) is 0.874. The predicted molar refractivity (Wildman–Crippen MR) is 69.8 cm³/mol. The summed E-state index contributed by atoms with van der Waals surface area (Å²) in [5.41, 5.74) is 1.80. The fourth-order valence-corrected chi connectivity index (χ4v) is 1.79. The molecular weight excluding hydrogens is 224 g/mol. The van der Waals surface area contributed by atoms with Crippen molar-refractivity contribution in [1.29, 1.82) is 5.26 Å². The van der Waals surface area contributed by atoms with E-state index < -0.39 is 0 Å². The minimum absolute atomic E-state index is 0.695. The van der Waals surface area contributed by atoms with Gasteiger partial charge in [-0.1, -0.05) is 19.1 Å². The maximum absolute atomic E-state index is 8.81. The number of hydrogen-bond acceptors (Lipinski definition) is 3. The maximum Gasteiger partial charge on any atom is 0.117 e. The van der Waals surface area contributed by atoms with Crippen LogP contribution in [0.1, 0.15) is 29.6 Å². The molecule has 0 radical (unpaired) electrons. The average Bonchev–Trinajstić information content (AvgIpc) is 2.87. The van der Waals surface area contributed by atoms with Crippen LogP contribution in [0, 0.1) is 11.3 Å². The SMILES string of the molecule is CCc1ccc(CNCc2cccc(C#N)c2)o1. The van der Waals surface area contributed by atoms with Gasteiger partial charge in [-0.25, -0.2) is 0 Å². The molecule has 1 N–H and O–H groups in total. The van der Waals surface area contributed by atoms with Crippen LogP contribution < -0.4 is 5.32 Å². The lowest BCUT2D eigenvalue weighted by atomic mass is 10.1. The summed E-state index contributed by atoms with van der Waals surface area (Å²) in [7, 11) is 0. The molecule has 18 heavy (non-hydrogen) atoms. The molecule has 0 unspecified atom stereocenters. The third kappa shape index (κ3) is 3.22. The van der Waals surface area contributed by atoms with E-state index in [1.165, 1.54) is 0 Å². The molecule has 2 rings (SSSR count). The van der Waals surface area contributed by atoms with Gasteiger partial charge in [-0.05, 0) is 29.8 Å².